The Morgan fingerprint density at radius 3 is 2.91 bits per heavy atom. The van der Waals surface area contributed by atoms with E-state index in [1.165, 1.54) is 6.20 Å². The van der Waals surface area contributed by atoms with E-state index in [1.807, 2.05) is 25.1 Å². The van der Waals surface area contributed by atoms with Crippen LogP contribution >= 0.6 is 11.6 Å². The molecule has 0 atom stereocenters. The van der Waals surface area contributed by atoms with Gasteiger partial charge in [0.05, 0.1) is 6.20 Å². The smallest absolute Gasteiger partial charge is 0.229 e. The molecule has 0 aliphatic heterocycles. The predicted octanol–water partition coefficient (Wildman–Crippen LogP) is 3.50. The standard InChI is InChI=1S/C16H18ClN5O/c1-11-4-5-13(8-14(11)17)21-16-20-10-12(9-18)15(22-16)19-6-3-7-23-2/h4-5,8,10H,3,6-7H2,1-2H3,(H2,19,20,21,22). The molecule has 1 heterocycles. The largest absolute Gasteiger partial charge is 0.385 e. The molecule has 1 aromatic heterocycles. The van der Waals surface area contributed by atoms with Crippen LogP contribution in [0.4, 0.5) is 17.5 Å². The lowest BCUT2D eigenvalue weighted by molar-refractivity contribution is 0.198. The minimum atomic E-state index is 0.398. The van der Waals surface area contributed by atoms with Crippen molar-refractivity contribution in [2.75, 3.05) is 30.9 Å². The van der Waals surface area contributed by atoms with Gasteiger partial charge in [-0.15, -0.1) is 0 Å². The molecular weight excluding hydrogens is 314 g/mol. The normalized spacial score (nSPS) is 10.2. The molecule has 2 aromatic rings. The molecule has 0 aliphatic carbocycles. The van der Waals surface area contributed by atoms with Crippen LogP contribution in [0.2, 0.25) is 5.02 Å². The predicted molar refractivity (Wildman–Crippen MR) is 91.2 cm³/mol. The van der Waals surface area contributed by atoms with Crippen molar-refractivity contribution in [1.82, 2.24) is 9.97 Å². The molecule has 0 aliphatic rings. The fourth-order valence-corrected chi connectivity index (χ4v) is 2.06. The van der Waals surface area contributed by atoms with Crippen molar-refractivity contribution in [2.24, 2.45) is 0 Å². The van der Waals surface area contributed by atoms with Gasteiger partial charge in [-0.05, 0) is 31.0 Å². The number of nitriles is 1. The third kappa shape index (κ3) is 4.81. The number of nitrogens with one attached hydrogen (secondary N) is 2. The van der Waals surface area contributed by atoms with Crippen molar-refractivity contribution in [2.45, 2.75) is 13.3 Å². The molecule has 0 saturated heterocycles. The van der Waals surface area contributed by atoms with E-state index < -0.39 is 0 Å². The van der Waals surface area contributed by atoms with Crippen molar-refractivity contribution in [3.63, 3.8) is 0 Å². The van der Waals surface area contributed by atoms with Crippen LogP contribution < -0.4 is 10.6 Å². The molecule has 0 fully saturated rings. The Morgan fingerprint density at radius 1 is 1.39 bits per heavy atom. The van der Waals surface area contributed by atoms with Crippen LogP contribution in [0.3, 0.4) is 0 Å². The molecule has 2 rings (SSSR count). The first-order valence-corrected chi connectivity index (χ1v) is 7.55. The molecule has 2 N–H and O–H groups in total. The first-order valence-electron chi connectivity index (χ1n) is 7.17. The number of hydrogen-bond acceptors (Lipinski definition) is 6. The van der Waals surface area contributed by atoms with Crippen LogP contribution in [-0.2, 0) is 4.74 Å². The molecule has 0 unspecified atom stereocenters. The summed E-state index contributed by atoms with van der Waals surface area (Å²) < 4.78 is 5.00. The number of nitrogens with zero attached hydrogens (tertiary/aromatic N) is 3. The molecule has 0 radical (unpaired) electrons. The minimum Gasteiger partial charge on any atom is -0.385 e. The third-order valence-electron chi connectivity index (χ3n) is 3.15. The van der Waals surface area contributed by atoms with Gasteiger partial charge in [0, 0.05) is 31.0 Å². The van der Waals surface area contributed by atoms with Gasteiger partial charge in [-0.3, -0.25) is 0 Å². The summed E-state index contributed by atoms with van der Waals surface area (Å²) in [5.74, 6) is 0.900. The lowest BCUT2D eigenvalue weighted by Crippen LogP contribution is -2.09. The number of aromatic nitrogens is 2. The number of benzene rings is 1. The van der Waals surface area contributed by atoms with Gasteiger partial charge in [0.15, 0.2) is 0 Å². The first-order chi connectivity index (χ1) is 11.1. The van der Waals surface area contributed by atoms with Crippen molar-refractivity contribution >= 4 is 29.1 Å². The molecule has 0 bridgehead atoms. The summed E-state index contributed by atoms with van der Waals surface area (Å²) in [6.07, 6.45) is 2.31. The maximum Gasteiger partial charge on any atom is 0.229 e. The topological polar surface area (TPSA) is 82.9 Å². The minimum absolute atomic E-state index is 0.398. The highest BCUT2D eigenvalue weighted by atomic mass is 35.5. The van der Waals surface area contributed by atoms with E-state index >= 15 is 0 Å². The molecule has 23 heavy (non-hydrogen) atoms. The van der Waals surface area contributed by atoms with Crippen molar-refractivity contribution in [1.29, 1.82) is 5.26 Å². The zero-order valence-corrected chi connectivity index (χ0v) is 13.8. The molecular formula is C16H18ClN5O. The molecule has 0 spiro atoms. The summed E-state index contributed by atoms with van der Waals surface area (Å²) in [5.41, 5.74) is 2.18. The summed E-state index contributed by atoms with van der Waals surface area (Å²) in [6, 6.07) is 7.70. The van der Waals surface area contributed by atoms with E-state index in [4.69, 9.17) is 21.6 Å². The van der Waals surface area contributed by atoms with Crippen molar-refractivity contribution in [3.8, 4) is 6.07 Å². The van der Waals surface area contributed by atoms with Gasteiger partial charge in [-0.2, -0.15) is 10.2 Å². The van der Waals surface area contributed by atoms with Crippen LogP contribution in [0, 0.1) is 18.3 Å². The Balaban J connectivity index is 2.13. The number of aryl methyl sites for hydroxylation is 1. The highest BCUT2D eigenvalue weighted by Crippen LogP contribution is 2.22. The lowest BCUT2D eigenvalue weighted by atomic mass is 10.2. The Labute approximate surface area is 140 Å². The Morgan fingerprint density at radius 2 is 2.22 bits per heavy atom. The van der Waals surface area contributed by atoms with Crippen molar-refractivity contribution in [3.05, 3.63) is 40.5 Å². The molecule has 1 aromatic carbocycles. The van der Waals surface area contributed by atoms with Crippen LogP contribution in [0.25, 0.3) is 0 Å². The van der Waals surface area contributed by atoms with Crippen LogP contribution in [-0.4, -0.2) is 30.2 Å². The van der Waals surface area contributed by atoms with Gasteiger partial charge in [-0.1, -0.05) is 17.7 Å². The number of anilines is 3. The van der Waals surface area contributed by atoms with E-state index in [9.17, 15) is 0 Å². The second kappa shape index (κ2) is 8.32. The van der Waals surface area contributed by atoms with E-state index in [-0.39, 0.29) is 0 Å². The summed E-state index contributed by atoms with van der Waals surface area (Å²) >= 11 is 6.11. The number of halogens is 1. The van der Waals surface area contributed by atoms with E-state index in [0.717, 1.165) is 17.7 Å². The zero-order chi connectivity index (χ0) is 16.7. The molecule has 7 heteroatoms. The molecule has 6 nitrogen and oxygen atoms in total. The average Bonchev–Trinajstić information content (AvgIpc) is 2.55. The summed E-state index contributed by atoms with van der Waals surface area (Å²) in [4.78, 5) is 8.50. The van der Waals surface area contributed by atoms with Gasteiger partial charge >= 0.3 is 0 Å². The highest BCUT2D eigenvalue weighted by molar-refractivity contribution is 6.31. The van der Waals surface area contributed by atoms with Gasteiger partial charge in [0.25, 0.3) is 0 Å². The van der Waals surface area contributed by atoms with E-state index in [2.05, 4.69) is 26.7 Å². The van der Waals surface area contributed by atoms with Gasteiger partial charge in [-0.25, -0.2) is 4.98 Å². The Hall–Kier alpha value is -2.36. The number of hydrogen-bond donors (Lipinski definition) is 2. The van der Waals surface area contributed by atoms with Crippen LogP contribution in [0.1, 0.15) is 17.5 Å². The maximum atomic E-state index is 9.14. The second-order valence-electron chi connectivity index (χ2n) is 4.93. The van der Waals surface area contributed by atoms with Gasteiger partial charge in [0.2, 0.25) is 5.95 Å². The SMILES string of the molecule is COCCCNc1nc(Nc2ccc(C)c(Cl)c2)ncc1C#N. The quantitative estimate of drug-likeness (QED) is 0.755. The van der Waals surface area contributed by atoms with E-state index in [1.54, 1.807) is 7.11 Å². The van der Waals surface area contributed by atoms with Crippen LogP contribution in [0.15, 0.2) is 24.4 Å². The van der Waals surface area contributed by atoms with Gasteiger partial charge < -0.3 is 15.4 Å². The fourth-order valence-electron chi connectivity index (χ4n) is 1.88. The summed E-state index contributed by atoms with van der Waals surface area (Å²) in [6.45, 7) is 3.24. The maximum absolute atomic E-state index is 9.14. The number of rotatable bonds is 7. The summed E-state index contributed by atoms with van der Waals surface area (Å²) in [5, 5.41) is 16.0. The average molecular weight is 332 g/mol. The number of methoxy groups -OCH3 is 1. The lowest BCUT2D eigenvalue weighted by Gasteiger charge is -2.10. The number of ether oxygens (including phenoxy) is 1. The molecule has 0 amide bonds. The first kappa shape index (κ1) is 17.0. The van der Waals surface area contributed by atoms with Crippen LogP contribution in [0.5, 0.6) is 0 Å². The summed E-state index contributed by atoms with van der Waals surface area (Å²) in [7, 11) is 1.65. The van der Waals surface area contributed by atoms with Gasteiger partial charge in [0.1, 0.15) is 17.5 Å². The molecule has 120 valence electrons. The highest BCUT2D eigenvalue weighted by Gasteiger charge is 2.07. The Kier molecular flexibility index (Phi) is 6.15. The van der Waals surface area contributed by atoms with Crippen molar-refractivity contribution < 1.29 is 4.74 Å². The third-order valence-corrected chi connectivity index (χ3v) is 3.56. The zero-order valence-electron chi connectivity index (χ0n) is 13.1. The monoisotopic (exact) mass is 331 g/mol. The molecule has 0 saturated carbocycles. The Bertz CT molecular complexity index is 714. The second-order valence-corrected chi connectivity index (χ2v) is 5.34. The van der Waals surface area contributed by atoms with E-state index in [0.29, 0.717) is 35.5 Å². The fraction of sp³-hybridized carbons (Fsp3) is 0.312.